The summed E-state index contributed by atoms with van der Waals surface area (Å²) in [6, 6.07) is 8.64. The minimum absolute atomic E-state index is 0.0472. The lowest BCUT2D eigenvalue weighted by atomic mass is 9.99. The van der Waals surface area contributed by atoms with Crippen LogP contribution in [0.5, 0.6) is 0 Å². The Morgan fingerprint density at radius 1 is 1.30 bits per heavy atom. The summed E-state index contributed by atoms with van der Waals surface area (Å²) >= 11 is 0. The molecule has 122 valence electrons. The van der Waals surface area contributed by atoms with Crippen LogP contribution in [0, 0.1) is 20.8 Å². The van der Waals surface area contributed by atoms with Crippen molar-refractivity contribution in [3.8, 4) is 0 Å². The van der Waals surface area contributed by atoms with Crippen LogP contribution in [0.2, 0.25) is 0 Å². The number of anilines is 1. The quantitative estimate of drug-likeness (QED) is 0.940. The van der Waals surface area contributed by atoms with Crippen LogP contribution in [0.4, 0.5) is 5.82 Å². The van der Waals surface area contributed by atoms with Gasteiger partial charge in [-0.1, -0.05) is 23.4 Å². The molecule has 23 heavy (non-hydrogen) atoms. The van der Waals surface area contributed by atoms with E-state index in [0.29, 0.717) is 24.2 Å². The molecule has 0 saturated carbocycles. The van der Waals surface area contributed by atoms with Gasteiger partial charge in [-0.2, -0.15) is 0 Å². The summed E-state index contributed by atoms with van der Waals surface area (Å²) in [6.07, 6.45) is 2.22. The van der Waals surface area contributed by atoms with E-state index in [9.17, 15) is 4.79 Å². The molecule has 5 nitrogen and oxygen atoms in total. The predicted octanol–water partition coefficient (Wildman–Crippen LogP) is 3.38. The van der Waals surface area contributed by atoms with Crippen LogP contribution in [0.25, 0.3) is 0 Å². The van der Waals surface area contributed by atoms with Gasteiger partial charge in [0.05, 0.1) is 6.54 Å². The molecular formula is C18H23N3O2. The van der Waals surface area contributed by atoms with Gasteiger partial charge in [0, 0.05) is 12.1 Å². The van der Waals surface area contributed by atoms with Gasteiger partial charge in [0.1, 0.15) is 5.76 Å². The molecule has 1 amide bonds. The summed E-state index contributed by atoms with van der Waals surface area (Å²) in [5.74, 6) is 1.12. The molecule has 1 aliphatic rings. The number of carbonyl (C=O) groups is 1. The number of benzene rings is 1. The maximum absolute atomic E-state index is 12.2. The van der Waals surface area contributed by atoms with Gasteiger partial charge in [-0.05, 0) is 56.8 Å². The highest BCUT2D eigenvalue weighted by Crippen LogP contribution is 2.32. The van der Waals surface area contributed by atoms with Gasteiger partial charge in [0.25, 0.3) is 0 Å². The SMILES string of the molecule is Cc1cc(NC(=O)CN2CCCC2c2ccc(C)c(C)c2)no1. The molecule has 5 heteroatoms. The molecule has 3 rings (SSSR count). The van der Waals surface area contributed by atoms with Crippen molar-refractivity contribution >= 4 is 11.7 Å². The van der Waals surface area contributed by atoms with Crippen molar-refractivity contribution < 1.29 is 9.32 Å². The van der Waals surface area contributed by atoms with Gasteiger partial charge < -0.3 is 9.84 Å². The molecule has 0 bridgehead atoms. The zero-order valence-electron chi connectivity index (χ0n) is 13.9. The van der Waals surface area contributed by atoms with E-state index in [0.717, 1.165) is 19.4 Å². The molecule has 1 aliphatic heterocycles. The van der Waals surface area contributed by atoms with Crippen molar-refractivity contribution in [1.29, 1.82) is 0 Å². The Morgan fingerprint density at radius 3 is 2.83 bits per heavy atom. The smallest absolute Gasteiger partial charge is 0.239 e. The Labute approximate surface area is 136 Å². The molecule has 1 atom stereocenters. The van der Waals surface area contributed by atoms with Crippen LogP contribution in [0.1, 0.15) is 41.3 Å². The average molecular weight is 313 g/mol. The molecule has 0 aliphatic carbocycles. The van der Waals surface area contributed by atoms with Gasteiger partial charge >= 0.3 is 0 Å². The van der Waals surface area contributed by atoms with Crippen LogP contribution >= 0.6 is 0 Å². The van der Waals surface area contributed by atoms with Crippen molar-refractivity contribution in [1.82, 2.24) is 10.1 Å². The third-order valence-corrected chi connectivity index (χ3v) is 4.52. The van der Waals surface area contributed by atoms with E-state index in [2.05, 4.69) is 47.4 Å². The Balaban J connectivity index is 1.66. The molecule has 1 aromatic carbocycles. The second-order valence-electron chi connectivity index (χ2n) is 6.34. The van der Waals surface area contributed by atoms with Gasteiger partial charge in [-0.3, -0.25) is 9.69 Å². The number of carbonyl (C=O) groups excluding carboxylic acids is 1. The summed E-state index contributed by atoms with van der Waals surface area (Å²) in [5.41, 5.74) is 3.91. The summed E-state index contributed by atoms with van der Waals surface area (Å²) < 4.78 is 4.97. The van der Waals surface area contributed by atoms with E-state index in [1.165, 1.54) is 16.7 Å². The third-order valence-electron chi connectivity index (χ3n) is 4.52. The molecule has 1 N–H and O–H groups in total. The zero-order chi connectivity index (χ0) is 16.4. The first-order valence-corrected chi connectivity index (χ1v) is 8.07. The third kappa shape index (κ3) is 3.62. The molecule has 1 unspecified atom stereocenters. The lowest BCUT2D eigenvalue weighted by Gasteiger charge is -2.24. The minimum Gasteiger partial charge on any atom is -0.360 e. The van der Waals surface area contributed by atoms with E-state index < -0.39 is 0 Å². The zero-order valence-corrected chi connectivity index (χ0v) is 13.9. The first-order chi connectivity index (χ1) is 11.0. The number of likely N-dealkylation sites (tertiary alicyclic amines) is 1. The lowest BCUT2D eigenvalue weighted by Crippen LogP contribution is -2.33. The van der Waals surface area contributed by atoms with E-state index in [-0.39, 0.29) is 5.91 Å². The van der Waals surface area contributed by atoms with Crippen molar-refractivity contribution in [2.75, 3.05) is 18.4 Å². The molecule has 1 aromatic heterocycles. The maximum atomic E-state index is 12.2. The number of nitrogens with zero attached hydrogens (tertiary/aromatic N) is 2. The minimum atomic E-state index is -0.0472. The summed E-state index contributed by atoms with van der Waals surface area (Å²) in [5, 5.41) is 6.60. The van der Waals surface area contributed by atoms with Crippen LogP contribution in [0.15, 0.2) is 28.8 Å². The number of hydrogen-bond acceptors (Lipinski definition) is 4. The Morgan fingerprint density at radius 2 is 2.13 bits per heavy atom. The second kappa shape index (κ2) is 6.54. The molecule has 0 spiro atoms. The van der Waals surface area contributed by atoms with Gasteiger partial charge in [0.15, 0.2) is 5.82 Å². The fraction of sp³-hybridized carbons (Fsp3) is 0.444. The number of aromatic nitrogens is 1. The topological polar surface area (TPSA) is 58.4 Å². The number of hydrogen-bond donors (Lipinski definition) is 1. The van der Waals surface area contributed by atoms with Crippen LogP contribution < -0.4 is 5.32 Å². The Hall–Kier alpha value is -2.14. The van der Waals surface area contributed by atoms with E-state index in [1.807, 2.05) is 0 Å². The van der Waals surface area contributed by atoms with Gasteiger partial charge in [-0.25, -0.2) is 0 Å². The maximum Gasteiger partial charge on any atom is 0.239 e. The molecular weight excluding hydrogens is 290 g/mol. The van der Waals surface area contributed by atoms with E-state index in [1.54, 1.807) is 13.0 Å². The standard InChI is InChI=1S/C18H23N3O2/c1-12-6-7-15(9-13(12)2)16-5-4-8-21(16)11-18(22)19-17-10-14(3)23-20-17/h6-7,9-10,16H,4-5,8,11H2,1-3H3,(H,19,20,22). The molecule has 0 radical (unpaired) electrons. The first-order valence-electron chi connectivity index (χ1n) is 8.07. The second-order valence-corrected chi connectivity index (χ2v) is 6.34. The Bertz CT molecular complexity index is 708. The lowest BCUT2D eigenvalue weighted by molar-refractivity contribution is -0.117. The van der Waals surface area contributed by atoms with Gasteiger partial charge in [0.2, 0.25) is 5.91 Å². The molecule has 2 heterocycles. The molecule has 1 fully saturated rings. The highest BCUT2D eigenvalue weighted by Gasteiger charge is 2.27. The normalized spacial score (nSPS) is 18.3. The fourth-order valence-electron chi connectivity index (χ4n) is 3.16. The summed E-state index contributed by atoms with van der Waals surface area (Å²) in [6.45, 7) is 7.39. The summed E-state index contributed by atoms with van der Waals surface area (Å²) in [7, 11) is 0. The van der Waals surface area contributed by atoms with Crippen LogP contribution in [-0.2, 0) is 4.79 Å². The largest absolute Gasteiger partial charge is 0.360 e. The monoisotopic (exact) mass is 313 g/mol. The fourth-order valence-corrected chi connectivity index (χ4v) is 3.16. The number of aryl methyl sites for hydroxylation is 3. The first kappa shape index (κ1) is 15.7. The van der Waals surface area contributed by atoms with Crippen molar-refractivity contribution in [2.45, 2.75) is 39.7 Å². The highest BCUT2D eigenvalue weighted by atomic mass is 16.5. The van der Waals surface area contributed by atoms with Crippen molar-refractivity contribution in [3.05, 3.63) is 46.7 Å². The van der Waals surface area contributed by atoms with Crippen molar-refractivity contribution in [3.63, 3.8) is 0 Å². The number of amides is 1. The molecule has 2 aromatic rings. The summed E-state index contributed by atoms with van der Waals surface area (Å²) in [4.78, 5) is 14.5. The number of nitrogens with one attached hydrogen (secondary N) is 1. The average Bonchev–Trinajstić information content (AvgIpc) is 3.11. The predicted molar refractivity (Wildman–Crippen MR) is 89.3 cm³/mol. The van der Waals surface area contributed by atoms with E-state index in [4.69, 9.17) is 4.52 Å². The number of rotatable bonds is 4. The van der Waals surface area contributed by atoms with Gasteiger partial charge in [-0.15, -0.1) is 0 Å². The highest BCUT2D eigenvalue weighted by molar-refractivity contribution is 5.91. The van der Waals surface area contributed by atoms with Crippen LogP contribution in [-0.4, -0.2) is 29.1 Å². The van der Waals surface area contributed by atoms with Crippen molar-refractivity contribution in [2.24, 2.45) is 0 Å². The van der Waals surface area contributed by atoms with E-state index >= 15 is 0 Å². The molecule has 1 saturated heterocycles. The Kier molecular flexibility index (Phi) is 4.48. The van der Waals surface area contributed by atoms with Crippen LogP contribution in [0.3, 0.4) is 0 Å².